The summed E-state index contributed by atoms with van der Waals surface area (Å²) < 4.78 is 0. The van der Waals surface area contributed by atoms with Crippen molar-refractivity contribution in [3.05, 3.63) is 46.0 Å². The molecular weight excluding hydrogens is 344 g/mol. The topological polar surface area (TPSA) is 66.0 Å². The predicted octanol–water partition coefficient (Wildman–Crippen LogP) is 2.90. The van der Waals surface area contributed by atoms with E-state index in [2.05, 4.69) is 45.2 Å². The second kappa shape index (κ2) is 7.37. The molecule has 0 radical (unpaired) electrons. The van der Waals surface area contributed by atoms with Crippen molar-refractivity contribution < 1.29 is 4.79 Å². The number of benzene rings is 1. The lowest BCUT2D eigenvalue weighted by atomic mass is 9.85. The number of aryl methyl sites for hydroxylation is 1. The number of thiazole rings is 1. The van der Waals surface area contributed by atoms with Crippen molar-refractivity contribution in [2.45, 2.75) is 57.7 Å². The highest BCUT2D eigenvalue weighted by atomic mass is 32.1. The predicted molar refractivity (Wildman–Crippen MR) is 106 cm³/mol. The summed E-state index contributed by atoms with van der Waals surface area (Å²) in [6.07, 6.45) is 4.35. The van der Waals surface area contributed by atoms with E-state index in [-0.39, 0.29) is 11.9 Å². The molecule has 1 aromatic carbocycles. The van der Waals surface area contributed by atoms with E-state index in [1.165, 1.54) is 22.5 Å². The van der Waals surface area contributed by atoms with Gasteiger partial charge in [0.15, 0.2) is 5.13 Å². The third-order valence-corrected chi connectivity index (χ3v) is 6.54. The Morgan fingerprint density at radius 3 is 2.50 bits per heavy atom. The lowest BCUT2D eigenvalue weighted by Crippen LogP contribution is -2.59. The summed E-state index contributed by atoms with van der Waals surface area (Å²) in [6.45, 7) is 4.74. The Morgan fingerprint density at radius 2 is 1.88 bits per heavy atom. The molecule has 138 valence electrons. The average Bonchev–Trinajstić information content (AvgIpc) is 3.19. The molecule has 5 nitrogen and oxygen atoms in total. The number of rotatable bonds is 6. The average molecular weight is 371 g/mol. The zero-order chi connectivity index (χ0) is 18.1. The first-order valence-corrected chi connectivity index (χ1v) is 10.3. The molecule has 0 aliphatic heterocycles. The number of carbonyl (C=O) groups excluding carboxylic acids is 1. The molecule has 26 heavy (non-hydrogen) atoms. The third-order valence-electron chi connectivity index (χ3n) is 5.42. The number of nitrogens with zero attached hydrogens (tertiary/aromatic N) is 1. The van der Waals surface area contributed by atoms with Crippen LogP contribution in [0.15, 0.2) is 24.3 Å². The fourth-order valence-electron chi connectivity index (χ4n) is 3.92. The molecule has 0 unspecified atom stereocenters. The van der Waals surface area contributed by atoms with Crippen molar-refractivity contribution in [1.29, 1.82) is 0 Å². The molecule has 0 saturated heterocycles. The van der Waals surface area contributed by atoms with Gasteiger partial charge in [0, 0.05) is 24.7 Å². The Balaban J connectivity index is 1.33. The van der Waals surface area contributed by atoms with E-state index in [1.807, 2.05) is 13.8 Å². The molecule has 1 aromatic heterocycles. The lowest BCUT2D eigenvalue weighted by Gasteiger charge is -2.39. The van der Waals surface area contributed by atoms with E-state index in [9.17, 15) is 4.79 Å². The van der Waals surface area contributed by atoms with Gasteiger partial charge in [0.1, 0.15) is 4.88 Å². The highest BCUT2D eigenvalue weighted by Gasteiger charge is 2.35. The summed E-state index contributed by atoms with van der Waals surface area (Å²) in [6, 6.07) is 9.77. The van der Waals surface area contributed by atoms with Gasteiger partial charge in [-0.05, 0) is 50.7 Å². The number of fused-ring (bicyclic) bond motifs is 1. The lowest BCUT2D eigenvalue weighted by molar-refractivity contribution is 0.0892. The fraction of sp³-hybridized carbons (Fsp3) is 0.500. The Bertz CT molecular complexity index is 778. The second-order valence-corrected chi connectivity index (χ2v) is 8.27. The molecule has 0 bridgehead atoms. The largest absolute Gasteiger partial charge is 0.362 e. The molecule has 6 heteroatoms. The molecule has 2 aromatic rings. The third kappa shape index (κ3) is 3.48. The maximum absolute atomic E-state index is 12.7. The molecule has 1 fully saturated rings. The standard InChI is InChI=1S/C20H26N4OS/c1-3-21-20-22-12(2)18(26-20)19(25)24-17-9-8-16(17)23-15-10-13-6-4-5-7-14(13)11-15/h4-7,15-17,23H,3,8-11H2,1-2H3,(H,21,22)(H,24,25)/t16-,17+/m0/s1. The summed E-state index contributed by atoms with van der Waals surface area (Å²) in [5.41, 5.74) is 3.72. The molecule has 2 aliphatic rings. The zero-order valence-corrected chi connectivity index (χ0v) is 16.2. The van der Waals surface area contributed by atoms with Gasteiger partial charge in [-0.15, -0.1) is 0 Å². The van der Waals surface area contributed by atoms with Gasteiger partial charge in [-0.25, -0.2) is 4.98 Å². The molecule has 2 aliphatic carbocycles. The van der Waals surface area contributed by atoms with Gasteiger partial charge in [-0.2, -0.15) is 0 Å². The number of carbonyl (C=O) groups is 1. The Kier molecular flexibility index (Phi) is 4.96. The van der Waals surface area contributed by atoms with Crippen LogP contribution in [0, 0.1) is 6.92 Å². The molecule has 1 amide bonds. The van der Waals surface area contributed by atoms with Gasteiger partial charge in [0.25, 0.3) is 5.91 Å². The van der Waals surface area contributed by atoms with Gasteiger partial charge < -0.3 is 16.0 Å². The van der Waals surface area contributed by atoms with E-state index in [0.29, 0.717) is 12.1 Å². The number of hydrogen-bond donors (Lipinski definition) is 3. The minimum Gasteiger partial charge on any atom is -0.362 e. The fourth-order valence-corrected chi connectivity index (χ4v) is 4.86. The molecular formula is C20H26N4OS. The number of anilines is 1. The van der Waals surface area contributed by atoms with E-state index in [1.54, 1.807) is 0 Å². The summed E-state index contributed by atoms with van der Waals surface area (Å²) in [7, 11) is 0. The minimum atomic E-state index is 0.00959. The van der Waals surface area contributed by atoms with Crippen molar-refractivity contribution in [2.24, 2.45) is 0 Å². The smallest absolute Gasteiger partial charge is 0.263 e. The second-order valence-electron chi connectivity index (χ2n) is 7.27. The van der Waals surface area contributed by atoms with Crippen molar-refractivity contribution in [1.82, 2.24) is 15.6 Å². The number of amides is 1. The van der Waals surface area contributed by atoms with Crippen LogP contribution >= 0.6 is 11.3 Å². The van der Waals surface area contributed by atoms with Crippen LogP contribution in [0.3, 0.4) is 0 Å². The number of nitrogens with one attached hydrogen (secondary N) is 3. The number of hydrogen-bond acceptors (Lipinski definition) is 5. The molecule has 0 spiro atoms. The van der Waals surface area contributed by atoms with Crippen LogP contribution in [-0.4, -0.2) is 35.6 Å². The van der Waals surface area contributed by atoms with Crippen LogP contribution in [0.1, 0.15) is 46.3 Å². The van der Waals surface area contributed by atoms with Crippen LogP contribution in [0.2, 0.25) is 0 Å². The molecule has 1 heterocycles. The first-order chi connectivity index (χ1) is 12.6. The van der Waals surface area contributed by atoms with Gasteiger partial charge in [0.2, 0.25) is 0 Å². The highest BCUT2D eigenvalue weighted by molar-refractivity contribution is 7.17. The van der Waals surface area contributed by atoms with Crippen LogP contribution in [0.4, 0.5) is 5.13 Å². The van der Waals surface area contributed by atoms with Crippen molar-refractivity contribution in [3.8, 4) is 0 Å². The summed E-state index contributed by atoms with van der Waals surface area (Å²) in [5.74, 6) is 0.00959. The SMILES string of the molecule is CCNc1nc(C)c(C(=O)N[C@@H]2CC[C@@H]2NC2Cc3ccccc3C2)s1. The van der Waals surface area contributed by atoms with Gasteiger partial charge >= 0.3 is 0 Å². The quantitative estimate of drug-likeness (QED) is 0.731. The van der Waals surface area contributed by atoms with Crippen molar-refractivity contribution >= 4 is 22.4 Å². The van der Waals surface area contributed by atoms with E-state index in [4.69, 9.17) is 0 Å². The first-order valence-electron chi connectivity index (χ1n) is 9.49. The number of aromatic nitrogens is 1. The minimum absolute atomic E-state index is 0.00959. The van der Waals surface area contributed by atoms with Crippen molar-refractivity contribution in [3.63, 3.8) is 0 Å². The van der Waals surface area contributed by atoms with Crippen LogP contribution < -0.4 is 16.0 Å². The molecule has 2 atom stereocenters. The maximum Gasteiger partial charge on any atom is 0.263 e. The van der Waals surface area contributed by atoms with E-state index >= 15 is 0 Å². The molecule has 3 N–H and O–H groups in total. The van der Waals surface area contributed by atoms with Gasteiger partial charge in [-0.1, -0.05) is 35.6 Å². The normalized spacial score (nSPS) is 21.9. The van der Waals surface area contributed by atoms with E-state index < -0.39 is 0 Å². The first kappa shape index (κ1) is 17.5. The van der Waals surface area contributed by atoms with Crippen LogP contribution in [0.25, 0.3) is 0 Å². The zero-order valence-electron chi connectivity index (χ0n) is 15.3. The van der Waals surface area contributed by atoms with E-state index in [0.717, 1.165) is 47.9 Å². The van der Waals surface area contributed by atoms with Gasteiger partial charge in [-0.3, -0.25) is 4.79 Å². The summed E-state index contributed by atoms with van der Waals surface area (Å²) in [5, 5.41) is 11.0. The van der Waals surface area contributed by atoms with Crippen LogP contribution in [0.5, 0.6) is 0 Å². The maximum atomic E-state index is 12.7. The Morgan fingerprint density at radius 1 is 1.19 bits per heavy atom. The van der Waals surface area contributed by atoms with Gasteiger partial charge in [0.05, 0.1) is 5.69 Å². The summed E-state index contributed by atoms with van der Waals surface area (Å²) >= 11 is 1.44. The molecule has 1 saturated carbocycles. The Labute approximate surface area is 158 Å². The van der Waals surface area contributed by atoms with Crippen LogP contribution in [-0.2, 0) is 12.8 Å². The highest BCUT2D eigenvalue weighted by Crippen LogP contribution is 2.27. The monoisotopic (exact) mass is 370 g/mol. The molecule has 4 rings (SSSR count). The summed E-state index contributed by atoms with van der Waals surface area (Å²) in [4.78, 5) is 17.8. The van der Waals surface area contributed by atoms with Crippen molar-refractivity contribution in [2.75, 3.05) is 11.9 Å². The Hall–Kier alpha value is -1.92.